The zero-order valence-corrected chi connectivity index (χ0v) is 10.1. The van der Waals surface area contributed by atoms with Gasteiger partial charge in [-0.15, -0.1) is 0 Å². The first kappa shape index (κ1) is 12.1. The zero-order valence-electron chi connectivity index (χ0n) is 10.1. The van der Waals surface area contributed by atoms with Gasteiger partial charge in [0, 0.05) is 5.92 Å². The van der Waals surface area contributed by atoms with E-state index in [4.69, 9.17) is 9.84 Å². The van der Waals surface area contributed by atoms with Crippen molar-refractivity contribution in [2.45, 2.75) is 38.2 Å². The molecule has 2 atom stereocenters. The monoisotopic (exact) mass is 234 g/mol. The average molecular weight is 234 g/mol. The van der Waals surface area contributed by atoms with Crippen LogP contribution in [0.15, 0.2) is 24.3 Å². The molecule has 3 nitrogen and oxygen atoms in total. The van der Waals surface area contributed by atoms with Gasteiger partial charge in [0.15, 0.2) is 6.10 Å². The molecule has 92 valence electrons. The molecular formula is C14H18O3. The third-order valence-electron chi connectivity index (χ3n) is 3.39. The van der Waals surface area contributed by atoms with E-state index < -0.39 is 12.1 Å². The van der Waals surface area contributed by atoms with E-state index in [1.54, 1.807) is 6.92 Å². The normalized spacial score (nSPS) is 20.6. The van der Waals surface area contributed by atoms with Crippen LogP contribution < -0.4 is 0 Å². The maximum Gasteiger partial charge on any atom is 0.332 e. The molecule has 0 heterocycles. The lowest BCUT2D eigenvalue weighted by molar-refractivity contribution is -0.149. The summed E-state index contributed by atoms with van der Waals surface area (Å²) < 4.78 is 5.40. The van der Waals surface area contributed by atoms with Crippen molar-refractivity contribution in [3.63, 3.8) is 0 Å². The van der Waals surface area contributed by atoms with Crippen LogP contribution in [0.1, 0.15) is 36.8 Å². The lowest BCUT2D eigenvalue weighted by Crippen LogP contribution is -2.24. The second-order valence-corrected chi connectivity index (χ2v) is 4.60. The molecular weight excluding hydrogens is 216 g/mol. The fraction of sp³-hybridized carbons (Fsp3) is 0.500. The second-order valence-electron chi connectivity index (χ2n) is 4.60. The molecule has 1 aliphatic rings. The van der Waals surface area contributed by atoms with Gasteiger partial charge >= 0.3 is 5.97 Å². The first-order valence-corrected chi connectivity index (χ1v) is 6.10. The van der Waals surface area contributed by atoms with Gasteiger partial charge < -0.3 is 9.84 Å². The fourth-order valence-electron chi connectivity index (χ4n) is 2.36. The summed E-state index contributed by atoms with van der Waals surface area (Å²) in [4.78, 5) is 10.7. The molecule has 1 aromatic rings. The van der Waals surface area contributed by atoms with E-state index in [2.05, 4.69) is 18.2 Å². The van der Waals surface area contributed by atoms with Crippen LogP contribution >= 0.6 is 0 Å². The third kappa shape index (κ3) is 2.86. The predicted octanol–water partition coefficient (Wildman–Crippen LogP) is 2.60. The summed E-state index contributed by atoms with van der Waals surface area (Å²) in [5.74, 6) is -0.546. The molecule has 0 radical (unpaired) electrons. The van der Waals surface area contributed by atoms with Crippen LogP contribution in [0, 0.1) is 0 Å². The molecule has 0 saturated heterocycles. The van der Waals surface area contributed by atoms with Gasteiger partial charge in [0.05, 0.1) is 6.61 Å². The summed E-state index contributed by atoms with van der Waals surface area (Å²) in [5.41, 5.74) is 2.71. The number of benzene rings is 1. The van der Waals surface area contributed by atoms with E-state index in [0.29, 0.717) is 12.5 Å². The van der Waals surface area contributed by atoms with Crippen LogP contribution in [-0.4, -0.2) is 23.8 Å². The number of hydrogen-bond donors (Lipinski definition) is 1. The molecule has 1 aliphatic carbocycles. The SMILES string of the molecule is C[C@H](OCC1CCCc2ccccc21)C(=O)O. The Bertz CT molecular complexity index is 400. The second kappa shape index (κ2) is 5.32. The summed E-state index contributed by atoms with van der Waals surface area (Å²) in [6.45, 7) is 2.08. The molecule has 0 aliphatic heterocycles. The van der Waals surface area contributed by atoms with Crippen molar-refractivity contribution in [2.75, 3.05) is 6.61 Å². The highest BCUT2D eigenvalue weighted by Crippen LogP contribution is 2.31. The minimum Gasteiger partial charge on any atom is -0.479 e. The number of carboxylic acid groups (broad SMARTS) is 1. The molecule has 0 saturated carbocycles. The van der Waals surface area contributed by atoms with Crippen LogP contribution in [0.5, 0.6) is 0 Å². The Labute approximate surface area is 101 Å². The maximum absolute atomic E-state index is 10.7. The van der Waals surface area contributed by atoms with Crippen molar-refractivity contribution >= 4 is 5.97 Å². The zero-order chi connectivity index (χ0) is 12.3. The number of rotatable bonds is 4. The molecule has 17 heavy (non-hydrogen) atoms. The van der Waals surface area contributed by atoms with E-state index in [0.717, 1.165) is 19.3 Å². The molecule has 0 amide bonds. The Morgan fingerprint density at radius 2 is 2.29 bits per heavy atom. The van der Waals surface area contributed by atoms with Crippen molar-refractivity contribution in [3.05, 3.63) is 35.4 Å². The lowest BCUT2D eigenvalue weighted by atomic mass is 9.83. The number of carboxylic acids is 1. The highest BCUT2D eigenvalue weighted by Gasteiger charge is 2.21. The van der Waals surface area contributed by atoms with E-state index >= 15 is 0 Å². The van der Waals surface area contributed by atoms with Gasteiger partial charge in [-0.3, -0.25) is 0 Å². The lowest BCUT2D eigenvalue weighted by Gasteiger charge is -2.25. The van der Waals surface area contributed by atoms with Gasteiger partial charge in [-0.2, -0.15) is 0 Å². The first-order valence-electron chi connectivity index (χ1n) is 6.10. The van der Waals surface area contributed by atoms with Gasteiger partial charge in [0.25, 0.3) is 0 Å². The number of carbonyl (C=O) groups is 1. The van der Waals surface area contributed by atoms with Crippen LogP contribution in [0.25, 0.3) is 0 Å². The molecule has 0 fully saturated rings. The topological polar surface area (TPSA) is 46.5 Å². The van der Waals surface area contributed by atoms with Crippen molar-refractivity contribution in [1.82, 2.24) is 0 Å². The molecule has 2 rings (SSSR count). The van der Waals surface area contributed by atoms with E-state index in [-0.39, 0.29) is 0 Å². The largest absolute Gasteiger partial charge is 0.479 e. The van der Waals surface area contributed by atoms with Crippen LogP contribution in [0.2, 0.25) is 0 Å². The Hall–Kier alpha value is -1.35. The third-order valence-corrected chi connectivity index (χ3v) is 3.39. The average Bonchev–Trinajstić information content (AvgIpc) is 2.35. The van der Waals surface area contributed by atoms with Crippen molar-refractivity contribution in [2.24, 2.45) is 0 Å². The van der Waals surface area contributed by atoms with Crippen molar-refractivity contribution in [3.8, 4) is 0 Å². The summed E-state index contributed by atoms with van der Waals surface area (Å²) in [5, 5.41) is 8.78. The van der Waals surface area contributed by atoms with Gasteiger partial charge in [-0.25, -0.2) is 4.79 Å². The molecule has 1 unspecified atom stereocenters. The van der Waals surface area contributed by atoms with Gasteiger partial charge in [0.2, 0.25) is 0 Å². The van der Waals surface area contributed by atoms with Gasteiger partial charge in [-0.05, 0) is 37.3 Å². The van der Waals surface area contributed by atoms with Crippen LogP contribution in [-0.2, 0) is 16.0 Å². The Kier molecular flexibility index (Phi) is 3.79. The standard InChI is InChI=1S/C14H18O3/c1-10(14(15)16)17-9-12-7-4-6-11-5-2-3-8-13(11)12/h2-3,5,8,10,12H,4,6-7,9H2,1H3,(H,15,16)/t10-,12?/m0/s1. The summed E-state index contributed by atoms with van der Waals surface area (Å²) in [6.07, 6.45) is 2.65. The number of fused-ring (bicyclic) bond motifs is 1. The number of ether oxygens (including phenoxy) is 1. The number of aryl methyl sites for hydroxylation is 1. The Morgan fingerprint density at radius 3 is 3.06 bits per heavy atom. The summed E-state index contributed by atoms with van der Waals surface area (Å²) in [7, 11) is 0. The molecule has 1 aromatic carbocycles. The maximum atomic E-state index is 10.7. The van der Waals surface area contributed by atoms with E-state index in [1.807, 2.05) is 6.07 Å². The minimum absolute atomic E-state index is 0.349. The van der Waals surface area contributed by atoms with Crippen LogP contribution in [0.3, 0.4) is 0 Å². The Balaban J connectivity index is 2.01. The Morgan fingerprint density at radius 1 is 1.53 bits per heavy atom. The van der Waals surface area contributed by atoms with E-state index in [9.17, 15) is 4.79 Å². The minimum atomic E-state index is -0.894. The van der Waals surface area contributed by atoms with Gasteiger partial charge in [0.1, 0.15) is 0 Å². The fourth-order valence-corrected chi connectivity index (χ4v) is 2.36. The summed E-state index contributed by atoms with van der Waals surface area (Å²) >= 11 is 0. The molecule has 1 N–H and O–H groups in total. The van der Waals surface area contributed by atoms with Crippen LogP contribution in [0.4, 0.5) is 0 Å². The molecule has 0 spiro atoms. The molecule has 0 bridgehead atoms. The smallest absolute Gasteiger partial charge is 0.332 e. The highest BCUT2D eigenvalue weighted by molar-refractivity contribution is 5.71. The highest BCUT2D eigenvalue weighted by atomic mass is 16.5. The summed E-state index contributed by atoms with van der Waals surface area (Å²) in [6, 6.07) is 8.38. The number of aliphatic carboxylic acids is 1. The van der Waals surface area contributed by atoms with Crippen molar-refractivity contribution in [1.29, 1.82) is 0 Å². The number of hydrogen-bond acceptors (Lipinski definition) is 2. The molecule has 3 heteroatoms. The van der Waals surface area contributed by atoms with E-state index in [1.165, 1.54) is 11.1 Å². The quantitative estimate of drug-likeness (QED) is 0.871. The predicted molar refractivity (Wildman–Crippen MR) is 65.2 cm³/mol. The first-order chi connectivity index (χ1) is 8.18. The van der Waals surface area contributed by atoms with Gasteiger partial charge in [-0.1, -0.05) is 24.3 Å². The van der Waals surface area contributed by atoms with Crippen molar-refractivity contribution < 1.29 is 14.6 Å². The molecule has 0 aromatic heterocycles.